The average molecular weight is 325 g/mol. The van der Waals surface area contributed by atoms with Gasteiger partial charge in [-0.2, -0.15) is 0 Å². The number of alkyl halides is 2. The van der Waals surface area contributed by atoms with E-state index in [0.29, 0.717) is 31.2 Å². The second-order valence-electron chi connectivity index (χ2n) is 4.77. The minimum absolute atomic E-state index is 0.189. The number of rotatable bonds is 4. The van der Waals surface area contributed by atoms with Gasteiger partial charge in [-0.3, -0.25) is 4.90 Å². The van der Waals surface area contributed by atoms with Gasteiger partial charge in [-0.05, 0) is 17.7 Å². The molecule has 1 aliphatic rings. The Kier molecular flexibility index (Phi) is 5.20. The highest BCUT2D eigenvalue weighted by molar-refractivity contribution is 6.35. The molecule has 0 radical (unpaired) electrons. The van der Waals surface area contributed by atoms with E-state index in [1.807, 2.05) is 0 Å². The summed E-state index contributed by atoms with van der Waals surface area (Å²) in [6, 6.07) is 3.23. The molecule has 1 heterocycles. The van der Waals surface area contributed by atoms with E-state index in [-0.39, 0.29) is 10.6 Å². The first kappa shape index (κ1) is 15.9. The second-order valence-corrected chi connectivity index (χ2v) is 5.62. The molecule has 0 spiro atoms. The van der Waals surface area contributed by atoms with E-state index in [1.54, 1.807) is 4.90 Å². The third-order valence-electron chi connectivity index (χ3n) is 3.38. The molecular weight excluding hydrogens is 309 g/mol. The van der Waals surface area contributed by atoms with Crippen LogP contribution < -0.4 is 5.32 Å². The van der Waals surface area contributed by atoms with E-state index in [2.05, 4.69) is 5.32 Å². The molecule has 1 aromatic carbocycles. The lowest BCUT2D eigenvalue weighted by Gasteiger charge is -2.39. The van der Waals surface area contributed by atoms with Crippen LogP contribution >= 0.6 is 23.2 Å². The van der Waals surface area contributed by atoms with Gasteiger partial charge in [0.1, 0.15) is 12.6 Å². The van der Waals surface area contributed by atoms with Crippen molar-refractivity contribution in [2.75, 3.05) is 32.8 Å². The van der Waals surface area contributed by atoms with E-state index in [9.17, 15) is 8.78 Å². The number of aliphatic hydroxyl groups is 1. The van der Waals surface area contributed by atoms with Crippen molar-refractivity contribution in [3.63, 3.8) is 0 Å². The summed E-state index contributed by atoms with van der Waals surface area (Å²) in [5.41, 5.74) is 0.289. The maximum Gasteiger partial charge on any atom is 0.289 e. The highest BCUT2D eigenvalue weighted by Crippen LogP contribution is 2.40. The van der Waals surface area contributed by atoms with Crippen molar-refractivity contribution in [3.05, 3.63) is 33.8 Å². The number of piperazine rings is 1. The number of nitrogens with zero attached hydrogens (tertiary/aromatic N) is 1. The molecule has 1 atom stereocenters. The van der Waals surface area contributed by atoms with E-state index in [1.165, 1.54) is 18.2 Å². The summed E-state index contributed by atoms with van der Waals surface area (Å²) < 4.78 is 28.3. The van der Waals surface area contributed by atoms with E-state index in [4.69, 9.17) is 28.3 Å². The molecule has 112 valence electrons. The smallest absolute Gasteiger partial charge is 0.289 e. The van der Waals surface area contributed by atoms with Gasteiger partial charge in [-0.1, -0.05) is 29.3 Å². The third-order valence-corrected chi connectivity index (χ3v) is 3.95. The van der Waals surface area contributed by atoms with Crippen LogP contribution in [0.2, 0.25) is 10.0 Å². The van der Waals surface area contributed by atoms with Gasteiger partial charge in [0.05, 0.1) is 0 Å². The van der Waals surface area contributed by atoms with Gasteiger partial charge >= 0.3 is 0 Å². The van der Waals surface area contributed by atoms with Gasteiger partial charge < -0.3 is 10.4 Å². The summed E-state index contributed by atoms with van der Waals surface area (Å²) in [6.45, 7) is 0.978. The molecule has 0 amide bonds. The molecule has 3 nitrogen and oxygen atoms in total. The predicted molar refractivity (Wildman–Crippen MR) is 75.7 cm³/mol. The molecule has 0 bridgehead atoms. The molecule has 1 fully saturated rings. The van der Waals surface area contributed by atoms with Crippen molar-refractivity contribution in [1.82, 2.24) is 10.2 Å². The molecule has 2 rings (SSSR count). The average Bonchev–Trinajstić information content (AvgIpc) is 2.43. The zero-order chi connectivity index (χ0) is 14.8. The highest BCUT2D eigenvalue weighted by atomic mass is 35.5. The van der Waals surface area contributed by atoms with E-state index < -0.39 is 18.6 Å². The number of hydrogen-bond donors (Lipinski definition) is 2. The Hall–Kier alpha value is -0.460. The monoisotopic (exact) mass is 324 g/mol. The number of aliphatic hydroxyl groups excluding tert-OH is 1. The van der Waals surface area contributed by atoms with Crippen LogP contribution in [0.5, 0.6) is 0 Å². The van der Waals surface area contributed by atoms with Crippen LogP contribution in [0.1, 0.15) is 11.6 Å². The van der Waals surface area contributed by atoms with Crippen LogP contribution in [0.4, 0.5) is 8.78 Å². The Morgan fingerprint density at radius 2 is 1.95 bits per heavy atom. The minimum atomic E-state index is -3.27. The lowest BCUT2D eigenvalue weighted by molar-refractivity contribution is -0.118. The van der Waals surface area contributed by atoms with Gasteiger partial charge in [0.15, 0.2) is 0 Å². The highest BCUT2D eigenvalue weighted by Gasteiger charge is 2.44. The van der Waals surface area contributed by atoms with Crippen molar-refractivity contribution < 1.29 is 13.9 Å². The van der Waals surface area contributed by atoms with Gasteiger partial charge in [-0.25, -0.2) is 8.78 Å². The third kappa shape index (κ3) is 3.40. The van der Waals surface area contributed by atoms with Crippen LogP contribution in [0, 0.1) is 0 Å². The largest absolute Gasteiger partial charge is 0.390 e. The lowest BCUT2D eigenvalue weighted by atomic mass is 9.98. The number of hydrogen-bond acceptors (Lipinski definition) is 3. The predicted octanol–water partition coefficient (Wildman–Crippen LogP) is 2.57. The lowest BCUT2D eigenvalue weighted by Crippen LogP contribution is -2.51. The molecule has 0 aliphatic carbocycles. The standard InChI is InChI=1S/C13H16Cl2F2N2O/c14-9-1-2-10(11(15)7-9)12(13(16,17)8-20)19-5-3-18-4-6-19/h1-2,7,12,18,20H,3-6,8H2/t12-/m1/s1. The Labute approximate surface area is 126 Å². The second kappa shape index (κ2) is 6.54. The SMILES string of the molecule is OCC(F)(F)[C@@H](c1ccc(Cl)cc1Cl)N1CCNCC1. The quantitative estimate of drug-likeness (QED) is 0.893. The Bertz CT molecular complexity index is 468. The van der Waals surface area contributed by atoms with Gasteiger partial charge in [0, 0.05) is 36.2 Å². The van der Waals surface area contributed by atoms with Crippen LogP contribution in [-0.4, -0.2) is 48.7 Å². The van der Waals surface area contributed by atoms with Gasteiger partial charge in [0.2, 0.25) is 0 Å². The van der Waals surface area contributed by atoms with Gasteiger partial charge in [0.25, 0.3) is 5.92 Å². The summed E-state index contributed by atoms with van der Waals surface area (Å²) in [7, 11) is 0. The molecule has 1 aliphatic heterocycles. The summed E-state index contributed by atoms with van der Waals surface area (Å²) in [5.74, 6) is -3.27. The van der Waals surface area contributed by atoms with Crippen molar-refractivity contribution in [3.8, 4) is 0 Å². The Morgan fingerprint density at radius 1 is 1.30 bits per heavy atom. The minimum Gasteiger partial charge on any atom is -0.390 e. The number of nitrogens with one attached hydrogen (secondary N) is 1. The zero-order valence-electron chi connectivity index (χ0n) is 10.8. The van der Waals surface area contributed by atoms with Gasteiger partial charge in [-0.15, -0.1) is 0 Å². The maximum atomic E-state index is 14.2. The van der Waals surface area contributed by atoms with Crippen molar-refractivity contribution >= 4 is 23.2 Å². The summed E-state index contributed by atoms with van der Waals surface area (Å²) in [6.07, 6.45) is 0. The fourth-order valence-corrected chi connectivity index (χ4v) is 2.95. The van der Waals surface area contributed by atoms with Crippen LogP contribution in [0.15, 0.2) is 18.2 Å². The molecule has 1 aromatic rings. The molecule has 20 heavy (non-hydrogen) atoms. The first-order valence-corrected chi connectivity index (χ1v) is 7.09. The zero-order valence-corrected chi connectivity index (χ0v) is 12.3. The molecular formula is C13H16Cl2F2N2O. The summed E-state index contributed by atoms with van der Waals surface area (Å²) >= 11 is 11.9. The molecule has 2 N–H and O–H groups in total. The van der Waals surface area contributed by atoms with Crippen molar-refractivity contribution in [2.45, 2.75) is 12.0 Å². The van der Waals surface area contributed by atoms with Crippen LogP contribution in [-0.2, 0) is 0 Å². The fraction of sp³-hybridized carbons (Fsp3) is 0.538. The molecule has 0 unspecified atom stereocenters. The first-order chi connectivity index (χ1) is 9.45. The van der Waals surface area contributed by atoms with Crippen LogP contribution in [0.3, 0.4) is 0 Å². The number of halogens is 4. The molecule has 0 aromatic heterocycles. The first-order valence-electron chi connectivity index (χ1n) is 6.34. The number of benzene rings is 1. The molecule has 1 saturated heterocycles. The Morgan fingerprint density at radius 3 is 2.50 bits per heavy atom. The topological polar surface area (TPSA) is 35.5 Å². The Balaban J connectivity index is 2.39. The van der Waals surface area contributed by atoms with Crippen molar-refractivity contribution in [2.24, 2.45) is 0 Å². The van der Waals surface area contributed by atoms with Crippen LogP contribution in [0.25, 0.3) is 0 Å². The fourth-order valence-electron chi connectivity index (χ4n) is 2.44. The summed E-state index contributed by atoms with van der Waals surface area (Å²) in [5, 5.41) is 12.7. The van der Waals surface area contributed by atoms with Crippen molar-refractivity contribution in [1.29, 1.82) is 0 Å². The van der Waals surface area contributed by atoms with E-state index in [0.717, 1.165) is 0 Å². The summed E-state index contributed by atoms with van der Waals surface area (Å²) in [4.78, 5) is 1.64. The normalized spacial score (nSPS) is 19.1. The molecule has 0 saturated carbocycles. The molecule has 7 heteroatoms. The maximum absolute atomic E-state index is 14.2. The van der Waals surface area contributed by atoms with E-state index >= 15 is 0 Å².